The summed E-state index contributed by atoms with van der Waals surface area (Å²) in [5, 5.41) is 3.62. The molecule has 0 atom stereocenters. The van der Waals surface area contributed by atoms with E-state index in [0.29, 0.717) is 6.42 Å². The van der Waals surface area contributed by atoms with Gasteiger partial charge in [-0.2, -0.15) is 0 Å². The number of benzene rings is 2. The zero-order valence-electron chi connectivity index (χ0n) is 14.9. The van der Waals surface area contributed by atoms with Crippen LogP contribution in [0.3, 0.4) is 0 Å². The van der Waals surface area contributed by atoms with Crippen molar-refractivity contribution < 1.29 is 13.6 Å². The molecule has 4 nitrogen and oxygen atoms in total. The van der Waals surface area contributed by atoms with E-state index in [-0.39, 0.29) is 18.0 Å². The van der Waals surface area contributed by atoms with E-state index in [1.54, 1.807) is 0 Å². The van der Waals surface area contributed by atoms with Crippen LogP contribution in [-0.2, 0) is 11.2 Å². The first kappa shape index (κ1) is 17.9. The van der Waals surface area contributed by atoms with Crippen molar-refractivity contribution in [3.8, 4) is 11.1 Å². The standard InChI is InChI=1S/C22H17F2N3O/c23-19-6-5-18(12-20(19)24)27-21(28)7-4-14-2-1-3-15(10-14)17-11-16-8-9-25-22(16)26-13-17/h1-3,5-6,8-13H,4,7H2,(H,25,26)(H,27,28). The van der Waals surface area contributed by atoms with Gasteiger partial charge in [-0.05, 0) is 41.8 Å². The molecule has 140 valence electrons. The first-order chi connectivity index (χ1) is 13.6. The number of H-pyrrole nitrogens is 1. The molecule has 2 heterocycles. The third kappa shape index (κ3) is 3.91. The number of pyridine rings is 1. The summed E-state index contributed by atoms with van der Waals surface area (Å²) in [5.41, 5.74) is 4.11. The van der Waals surface area contributed by atoms with Gasteiger partial charge in [0, 0.05) is 41.5 Å². The lowest BCUT2D eigenvalue weighted by molar-refractivity contribution is -0.116. The molecular weight excluding hydrogens is 360 g/mol. The molecule has 4 aromatic rings. The number of aromatic amines is 1. The molecule has 0 bridgehead atoms. The van der Waals surface area contributed by atoms with E-state index in [0.717, 1.165) is 39.9 Å². The van der Waals surface area contributed by atoms with Gasteiger partial charge in [0.2, 0.25) is 5.91 Å². The van der Waals surface area contributed by atoms with Gasteiger partial charge in [0.15, 0.2) is 11.6 Å². The molecule has 1 amide bonds. The van der Waals surface area contributed by atoms with Crippen molar-refractivity contribution in [2.24, 2.45) is 0 Å². The Bertz CT molecular complexity index is 1150. The molecule has 28 heavy (non-hydrogen) atoms. The lowest BCUT2D eigenvalue weighted by Gasteiger charge is -2.07. The van der Waals surface area contributed by atoms with Crippen molar-refractivity contribution in [2.75, 3.05) is 5.32 Å². The van der Waals surface area contributed by atoms with E-state index in [1.807, 2.05) is 42.7 Å². The number of carbonyl (C=O) groups excluding carboxylic acids is 1. The average molecular weight is 377 g/mol. The molecule has 0 aliphatic rings. The fraction of sp³-hybridized carbons (Fsp3) is 0.0909. The van der Waals surface area contributed by atoms with Crippen molar-refractivity contribution in [1.29, 1.82) is 0 Å². The maximum absolute atomic E-state index is 13.2. The molecule has 0 aliphatic carbocycles. The maximum atomic E-state index is 13.2. The zero-order valence-corrected chi connectivity index (χ0v) is 14.9. The Morgan fingerprint density at radius 1 is 1.00 bits per heavy atom. The Morgan fingerprint density at radius 3 is 2.75 bits per heavy atom. The molecule has 2 aromatic carbocycles. The third-order valence-electron chi connectivity index (χ3n) is 4.50. The fourth-order valence-electron chi connectivity index (χ4n) is 3.06. The predicted molar refractivity (Wildman–Crippen MR) is 105 cm³/mol. The van der Waals surface area contributed by atoms with Crippen LogP contribution in [0.4, 0.5) is 14.5 Å². The number of carbonyl (C=O) groups is 1. The van der Waals surface area contributed by atoms with Crippen LogP contribution in [0.1, 0.15) is 12.0 Å². The van der Waals surface area contributed by atoms with Crippen LogP contribution in [0.2, 0.25) is 0 Å². The molecule has 0 radical (unpaired) electrons. The number of aryl methyl sites for hydroxylation is 1. The third-order valence-corrected chi connectivity index (χ3v) is 4.50. The largest absolute Gasteiger partial charge is 0.346 e. The number of hydrogen-bond acceptors (Lipinski definition) is 2. The van der Waals surface area contributed by atoms with Crippen molar-refractivity contribution in [1.82, 2.24) is 9.97 Å². The molecule has 0 saturated heterocycles. The molecule has 0 fully saturated rings. The van der Waals surface area contributed by atoms with Crippen molar-refractivity contribution in [3.05, 3.63) is 84.2 Å². The second kappa shape index (κ2) is 7.60. The Hall–Kier alpha value is -3.54. The summed E-state index contributed by atoms with van der Waals surface area (Å²) in [4.78, 5) is 19.6. The number of aromatic nitrogens is 2. The van der Waals surface area contributed by atoms with Crippen molar-refractivity contribution >= 4 is 22.6 Å². The van der Waals surface area contributed by atoms with Gasteiger partial charge in [0.05, 0.1) is 0 Å². The molecule has 0 saturated carbocycles. The van der Waals surface area contributed by atoms with Gasteiger partial charge in [-0.15, -0.1) is 0 Å². The van der Waals surface area contributed by atoms with Gasteiger partial charge in [-0.3, -0.25) is 4.79 Å². The SMILES string of the molecule is O=C(CCc1cccc(-c2cnc3[nH]ccc3c2)c1)Nc1ccc(F)c(F)c1. The monoisotopic (exact) mass is 377 g/mol. The highest BCUT2D eigenvalue weighted by Gasteiger charge is 2.08. The van der Waals surface area contributed by atoms with E-state index in [4.69, 9.17) is 0 Å². The van der Waals surface area contributed by atoms with E-state index < -0.39 is 11.6 Å². The van der Waals surface area contributed by atoms with E-state index in [9.17, 15) is 13.6 Å². The van der Waals surface area contributed by atoms with Gasteiger partial charge in [-0.1, -0.05) is 24.3 Å². The lowest BCUT2D eigenvalue weighted by Crippen LogP contribution is -2.12. The highest BCUT2D eigenvalue weighted by atomic mass is 19.2. The number of anilines is 1. The van der Waals surface area contributed by atoms with E-state index in [2.05, 4.69) is 21.4 Å². The number of fused-ring (bicyclic) bond motifs is 1. The van der Waals surface area contributed by atoms with Crippen molar-refractivity contribution in [3.63, 3.8) is 0 Å². The lowest BCUT2D eigenvalue weighted by atomic mass is 10.0. The molecule has 2 aromatic heterocycles. The normalized spacial score (nSPS) is 10.9. The summed E-state index contributed by atoms with van der Waals surface area (Å²) >= 11 is 0. The van der Waals surface area contributed by atoms with Gasteiger partial charge in [0.1, 0.15) is 5.65 Å². The summed E-state index contributed by atoms with van der Waals surface area (Å²) in [6, 6.07) is 15.3. The molecule has 0 spiro atoms. The zero-order chi connectivity index (χ0) is 19.5. The number of amides is 1. The highest BCUT2D eigenvalue weighted by molar-refractivity contribution is 5.90. The first-order valence-electron chi connectivity index (χ1n) is 8.86. The Labute approximate surface area is 160 Å². The second-order valence-corrected chi connectivity index (χ2v) is 6.52. The molecule has 0 aliphatic heterocycles. The quantitative estimate of drug-likeness (QED) is 0.510. The molecule has 6 heteroatoms. The Morgan fingerprint density at radius 2 is 1.89 bits per heavy atom. The van der Waals surface area contributed by atoms with Crippen LogP contribution in [0, 0.1) is 11.6 Å². The summed E-state index contributed by atoms with van der Waals surface area (Å²) in [5.74, 6) is -2.19. The molecule has 4 rings (SSSR count). The smallest absolute Gasteiger partial charge is 0.224 e. The van der Waals surface area contributed by atoms with Crippen molar-refractivity contribution in [2.45, 2.75) is 12.8 Å². The number of rotatable bonds is 5. The molecular formula is C22H17F2N3O. The summed E-state index contributed by atoms with van der Waals surface area (Å²) in [7, 11) is 0. The van der Waals surface area contributed by atoms with E-state index in [1.165, 1.54) is 6.07 Å². The highest BCUT2D eigenvalue weighted by Crippen LogP contribution is 2.23. The second-order valence-electron chi connectivity index (χ2n) is 6.52. The topological polar surface area (TPSA) is 57.8 Å². The number of nitrogens with zero attached hydrogens (tertiary/aromatic N) is 1. The first-order valence-corrected chi connectivity index (χ1v) is 8.86. The van der Waals surface area contributed by atoms with Crippen LogP contribution < -0.4 is 5.32 Å². The van der Waals surface area contributed by atoms with Crippen LogP contribution >= 0.6 is 0 Å². The minimum absolute atomic E-state index is 0.234. The van der Waals surface area contributed by atoms with Crippen LogP contribution in [0.25, 0.3) is 22.2 Å². The summed E-state index contributed by atoms with van der Waals surface area (Å²) in [6.45, 7) is 0. The predicted octanol–water partition coefficient (Wildman–Crippen LogP) is 5.08. The Balaban J connectivity index is 1.43. The number of nitrogens with one attached hydrogen (secondary N) is 2. The summed E-state index contributed by atoms with van der Waals surface area (Å²) in [6.07, 6.45) is 4.43. The average Bonchev–Trinajstić information content (AvgIpc) is 3.17. The number of halogens is 2. The fourth-order valence-corrected chi connectivity index (χ4v) is 3.06. The minimum Gasteiger partial charge on any atom is -0.346 e. The Kier molecular flexibility index (Phi) is 4.85. The minimum atomic E-state index is -0.987. The van der Waals surface area contributed by atoms with Gasteiger partial charge in [-0.25, -0.2) is 13.8 Å². The summed E-state index contributed by atoms with van der Waals surface area (Å²) < 4.78 is 26.2. The van der Waals surface area contributed by atoms with Gasteiger partial charge < -0.3 is 10.3 Å². The van der Waals surface area contributed by atoms with Gasteiger partial charge >= 0.3 is 0 Å². The van der Waals surface area contributed by atoms with Gasteiger partial charge in [0.25, 0.3) is 0 Å². The number of hydrogen-bond donors (Lipinski definition) is 2. The maximum Gasteiger partial charge on any atom is 0.224 e. The van der Waals surface area contributed by atoms with Crippen LogP contribution in [0.15, 0.2) is 67.0 Å². The van der Waals surface area contributed by atoms with E-state index >= 15 is 0 Å². The molecule has 0 unspecified atom stereocenters. The van der Waals surface area contributed by atoms with Crippen LogP contribution in [0.5, 0.6) is 0 Å². The molecule has 2 N–H and O–H groups in total. The van der Waals surface area contributed by atoms with Crippen LogP contribution in [-0.4, -0.2) is 15.9 Å².